The van der Waals surface area contributed by atoms with Gasteiger partial charge in [-0.3, -0.25) is 0 Å². The van der Waals surface area contributed by atoms with E-state index >= 15 is 0 Å². The van der Waals surface area contributed by atoms with Crippen molar-refractivity contribution in [1.82, 2.24) is 9.97 Å². The van der Waals surface area contributed by atoms with E-state index in [0.717, 1.165) is 25.1 Å². The molecular formula is C14H11Br3N2S. The van der Waals surface area contributed by atoms with Crippen LogP contribution >= 0.6 is 59.1 Å². The number of aryl methyl sites for hydroxylation is 1. The molecule has 0 radical (unpaired) electrons. The van der Waals surface area contributed by atoms with Crippen LogP contribution in [0.2, 0.25) is 0 Å². The van der Waals surface area contributed by atoms with E-state index in [1.165, 1.54) is 9.75 Å². The minimum absolute atomic E-state index is 0.167. The number of halogens is 3. The molecule has 0 aromatic carbocycles. The van der Waals surface area contributed by atoms with E-state index in [1.807, 2.05) is 23.5 Å². The number of aromatic nitrogens is 2. The smallest absolute Gasteiger partial charge is 0.0822 e. The molecule has 3 rings (SSSR count). The highest BCUT2D eigenvalue weighted by atomic mass is 79.9. The van der Waals surface area contributed by atoms with Crippen molar-refractivity contribution in [1.29, 1.82) is 0 Å². The first kappa shape index (κ1) is 14.6. The van der Waals surface area contributed by atoms with E-state index in [1.54, 1.807) is 0 Å². The van der Waals surface area contributed by atoms with Crippen LogP contribution in [-0.2, 0) is 0 Å². The standard InChI is InChI=1S/C14H11Br3N2S/c1-7-6-8(15)14(20-7)13(9-2-4-11(16)18-9)10-3-5-12(17)19-10/h2-6,13,18-19H,1H3. The average molecular weight is 479 g/mol. The molecule has 0 spiro atoms. The lowest BCUT2D eigenvalue weighted by molar-refractivity contribution is 0.906. The zero-order chi connectivity index (χ0) is 14.3. The highest BCUT2D eigenvalue weighted by molar-refractivity contribution is 9.11. The third-order valence-corrected chi connectivity index (χ3v) is 6.03. The molecule has 0 saturated carbocycles. The fourth-order valence-electron chi connectivity index (χ4n) is 2.25. The number of aromatic amines is 2. The lowest BCUT2D eigenvalue weighted by atomic mass is 10.00. The summed E-state index contributed by atoms with van der Waals surface area (Å²) in [6, 6.07) is 10.5. The second kappa shape index (κ2) is 5.83. The number of hydrogen-bond donors (Lipinski definition) is 2. The summed E-state index contributed by atoms with van der Waals surface area (Å²) in [5.74, 6) is 0.167. The first-order chi connectivity index (χ1) is 9.54. The summed E-state index contributed by atoms with van der Waals surface area (Å²) in [5.41, 5.74) is 2.32. The van der Waals surface area contributed by atoms with Gasteiger partial charge in [0.1, 0.15) is 0 Å². The van der Waals surface area contributed by atoms with Gasteiger partial charge in [-0.2, -0.15) is 0 Å². The first-order valence-electron chi connectivity index (χ1n) is 5.99. The summed E-state index contributed by atoms with van der Waals surface area (Å²) in [4.78, 5) is 9.37. The number of rotatable bonds is 3. The molecule has 0 aliphatic rings. The third-order valence-electron chi connectivity index (χ3n) is 3.07. The number of H-pyrrole nitrogens is 2. The molecule has 0 aliphatic heterocycles. The van der Waals surface area contributed by atoms with Gasteiger partial charge in [0, 0.05) is 25.6 Å². The molecule has 0 atom stereocenters. The largest absolute Gasteiger partial charge is 0.352 e. The Labute approximate surface area is 146 Å². The Bertz CT molecular complexity index is 701. The van der Waals surface area contributed by atoms with Crippen molar-refractivity contribution in [2.45, 2.75) is 12.8 Å². The fourth-order valence-corrected chi connectivity index (χ4v) is 4.99. The van der Waals surface area contributed by atoms with Crippen LogP contribution < -0.4 is 0 Å². The molecule has 0 aliphatic carbocycles. The van der Waals surface area contributed by atoms with Gasteiger partial charge in [-0.1, -0.05) is 0 Å². The van der Waals surface area contributed by atoms with Crippen LogP contribution in [0.15, 0.2) is 44.0 Å². The molecule has 0 saturated heterocycles. The Morgan fingerprint density at radius 1 is 0.950 bits per heavy atom. The molecule has 6 heteroatoms. The minimum atomic E-state index is 0.167. The van der Waals surface area contributed by atoms with Gasteiger partial charge < -0.3 is 9.97 Å². The molecule has 3 heterocycles. The predicted molar refractivity (Wildman–Crippen MR) is 94.7 cm³/mol. The zero-order valence-corrected chi connectivity index (χ0v) is 16.1. The fraction of sp³-hybridized carbons (Fsp3) is 0.143. The summed E-state index contributed by atoms with van der Waals surface area (Å²) >= 11 is 12.5. The maximum Gasteiger partial charge on any atom is 0.0822 e. The average Bonchev–Trinajstić information content (AvgIpc) is 3.05. The summed E-state index contributed by atoms with van der Waals surface area (Å²) in [7, 11) is 0. The topological polar surface area (TPSA) is 31.6 Å². The number of nitrogens with one attached hydrogen (secondary N) is 2. The van der Waals surface area contributed by atoms with Crippen molar-refractivity contribution < 1.29 is 0 Å². The second-order valence-electron chi connectivity index (χ2n) is 4.53. The van der Waals surface area contributed by atoms with E-state index < -0.39 is 0 Å². The van der Waals surface area contributed by atoms with Crippen LogP contribution in [0.5, 0.6) is 0 Å². The van der Waals surface area contributed by atoms with Gasteiger partial charge in [0.2, 0.25) is 0 Å². The molecule has 20 heavy (non-hydrogen) atoms. The molecular weight excluding hydrogens is 468 g/mol. The monoisotopic (exact) mass is 476 g/mol. The lowest BCUT2D eigenvalue weighted by Crippen LogP contribution is -2.03. The van der Waals surface area contributed by atoms with Crippen molar-refractivity contribution in [3.63, 3.8) is 0 Å². The van der Waals surface area contributed by atoms with Gasteiger partial charge in [0.15, 0.2) is 0 Å². The van der Waals surface area contributed by atoms with Crippen LogP contribution in [0.3, 0.4) is 0 Å². The lowest BCUT2D eigenvalue weighted by Gasteiger charge is -2.14. The van der Waals surface area contributed by atoms with Gasteiger partial charge in [0.05, 0.1) is 15.1 Å². The van der Waals surface area contributed by atoms with Crippen LogP contribution in [0.25, 0.3) is 0 Å². The second-order valence-corrected chi connectivity index (χ2v) is 8.38. The molecule has 0 fully saturated rings. The quantitative estimate of drug-likeness (QED) is 0.450. The maximum atomic E-state index is 3.69. The van der Waals surface area contributed by atoms with E-state index in [0.29, 0.717) is 0 Å². The van der Waals surface area contributed by atoms with Gasteiger partial charge in [0.25, 0.3) is 0 Å². The SMILES string of the molecule is Cc1cc(Br)c(C(c2ccc(Br)[nH]2)c2ccc(Br)[nH]2)s1. The van der Waals surface area contributed by atoms with Crippen LogP contribution in [0, 0.1) is 6.92 Å². The summed E-state index contributed by atoms with van der Waals surface area (Å²) in [6.07, 6.45) is 0. The first-order valence-corrected chi connectivity index (χ1v) is 9.19. The third kappa shape index (κ3) is 2.84. The zero-order valence-electron chi connectivity index (χ0n) is 10.5. The Balaban J connectivity index is 2.15. The highest BCUT2D eigenvalue weighted by Gasteiger charge is 2.23. The summed E-state index contributed by atoms with van der Waals surface area (Å²) in [5, 5.41) is 0. The molecule has 3 aromatic rings. The van der Waals surface area contributed by atoms with Gasteiger partial charge in [-0.25, -0.2) is 0 Å². The number of thiophene rings is 1. The number of hydrogen-bond acceptors (Lipinski definition) is 1. The normalized spacial score (nSPS) is 11.4. The molecule has 2 nitrogen and oxygen atoms in total. The Morgan fingerprint density at radius 2 is 1.50 bits per heavy atom. The Hall–Kier alpha value is -0.300. The minimum Gasteiger partial charge on any atom is -0.352 e. The maximum absolute atomic E-state index is 3.69. The van der Waals surface area contributed by atoms with Gasteiger partial charge in [-0.15, -0.1) is 11.3 Å². The summed E-state index contributed by atoms with van der Waals surface area (Å²) < 4.78 is 3.14. The van der Waals surface area contributed by atoms with Crippen LogP contribution in [0.1, 0.15) is 27.1 Å². The molecule has 2 N–H and O–H groups in total. The molecule has 0 bridgehead atoms. The Morgan fingerprint density at radius 3 is 1.85 bits per heavy atom. The van der Waals surface area contributed by atoms with Crippen LogP contribution in [0.4, 0.5) is 0 Å². The molecule has 0 unspecified atom stereocenters. The molecule has 0 amide bonds. The Kier molecular flexibility index (Phi) is 4.26. The van der Waals surface area contributed by atoms with Crippen molar-refractivity contribution in [3.8, 4) is 0 Å². The molecule has 104 valence electrons. The van der Waals surface area contributed by atoms with Crippen molar-refractivity contribution in [3.05, 3.63) is 65.2 Å². The predicted octanol–water partition coefficient (Wildman–Crippen LogP) is 6.18. The van der Waals surface area contributed by atoms with Crippen molar-refractivity contribution >= 4 is 59.1 Å². The van der Waals surface area contributed by atoms with Gasteiger partial charge >= 0.3 is 0 Å². The van der Waals surface area contributed by atoms with E-state index in [2.05, 4.69) is 82.9 Å². The van der Waals surface area contributed by atoms with E-state index in [4.69, 9.17) is 0 Å². The van der Waals surface area contributed by atoms with Gasteiger partial charge in [-0.05, 0) is 85.0 Å². The van der Waals surface area contributed by atoms with Crippen molar-refractivity contribution in [2.75, 3.05) is 0 Å². The summed E-state index contributed by atoms with van der Waals surface area (Å²) in [6.45, 7) is 2.13. The molecule has 3 aromatic heterocycles. The highest BCUT2D eigenvalue weighted by Crippen LogP contribution is 2.40. The van der Waals surface area contributed by atoms with E-state index in [-0.39, 0.29) is 5.92 Å². The van der Waals surface area contributed by atoms with Crippen molar-refractivity contribution in [2.24, 2.45) is 0 Å². The van der Waals surface area contributed by atoms with Crippen LogP contribution in [-0.4, -0.2) is 9.97 Å². The van der Waals surface area contributed by atoms with E-state index in [9.17, 15) is 0 Å².